The number of hydrogen-bond acceptors (Lipinski definition) is 3. The van der Waals surface area contributed by atoms with E-state index in [1.54, 1.807) is 11.2 Å². The Labute approximate surface area is 135 Å². The van der Waals surface area contributed by atoms with E-state index >= 15 is 0 Å². The monoisotopic (exact) mass is 314 g/mol. The zero-order valence-corrected chi connectivity index (χ0v) is 13.5. The highest BCUT2D eigenvalue weighted by Crippen LogP contribution is 2.26. The molecule has 0 aliphatic carbocycles. The molecule has 2 amide bonds. The van der Waals surface area contributed by atoms with Crippen LogP contribution in [-0.2, 0) is 16.0 Å². The van der Waals surface area contributed by atoms with Crippen LogP contribution in [0.1, 0.15) is 30.9 Å². The molecular weight excluding hydrogens is 292 g/mol. The number of rotatable bonds is 3. The summed E-state index contributed by atoms with van der Waals surface area (Å²) in [6, 6.07) is 6.11. The van der Waals surface area contributed by atoms with Crippen molar-refractivity contribution in [1.82, 2.24) is 4.90 Å². The van der Waals surface area contributed by atoms with Crippen LogP contribution in [0.5, 0.6) is 0 Å². The third-order valence-electron chi connectivity index (χ3n) is 4.76. The number of furan rings is 1. The van der Waals surface area contributed by atoms with Crippen LogP contribution in [0.3, 0.4) is 0 Å². The van der Waals surface area contributed by atoms with Crippen molar-refractivity contribution >= 4 is 22.8 Å². The molecule has 1 saturated heterocycles. The number of likely N-dealkylation sites (tertiary alicyclic amines) is 1. The van der Waals surface area contributed by atoms with E-state index in [1.165, 1.54) is 0 Å². The van der Waals surface area contributed by atoms with Gasteiger partial charge in [-0.3, -0.25) is 9.59 Å². The fraction of sp³-hybridized carbons (Fsp3) is 0.444. The summed E-state index contributed by atoms with van der Waals surface area (Å²) in [5, 5.41) is 0.972. The summed E-state index contributed by atoms with van der Waals surface area (Å²) in [6.45, 7) is 4.45. The molecule has 1 aliphatic rings. The second-order valence-corrected chi connectivity index (χ2v) is 6.51. The molecule has 2 atom stereocenters. The van der Waals surface area contributed by atoms with Gasteiger partial charge >= 0.3 is 0 Å². The van der Waals surface area contributed by atoms with E-state index in [-0.39, 0.29) is 30.2 Å². The number of nitrogens with zero attached hydrogens (tertiary/aromatic N) is 1. The molecule has 1 aliphatic heterocycles. The van der Waals surface area contributed by atoms with Gasteiger partial charge in [0.25, 0.3) is 0 Å². The zero-order chi connectivity index (χ0) is 16.6. The third kappa shape index (κ3) is 3.09. The van der Waals surface area contributed by atoms with Crippen molar-refractivity contribution in [2.24, 2.45) is 11.7 Å². The number of carbonyl (C=O) groups is 2. The Hall–Kier alpha value is -2.30. The van der Waals surface area contributed by atoms with Gasteiger partial charge in [-0.15, -0.1) is 0 Å². The summed E-state index contributed by atoms with van der Waals surface area (Å²) in [7, 11) is 0. The van der Waals surface area contributed by atoms with Crippen LogP contribution in [0, 0.1) is 12.8 Å². The number of fused-ring (bicyclic) bond motifs is 1. The van der Waals surface area contributed by atoms with Crippen molar-refractivity contribution in [2.75, 3.05) is 6.54 Å². The molecule has 3 rings (SSSR count). The van der Waals surface area contributed by atoms with Gasteiger partial charge in [0.1, 0.15) is 5.58 Å². The van der Waals surface area contributed by atoms with Gasteiger partial charge < -0.3 is 15.1 Å². The van der Waals surface area contributed by atoms with E-state index in [2.05, 4.69) is 0 Å². The first kappa shape index (κ1) is 15.6. The minimum absolute atomic E-state index is 0.0201. The molecular formula is C18H22N2O3. The van der Waals surface area contributed by atoms with E-state index in [9.17, 15) is 9.59 Å². The first-order valence-electron chi connectivity index (χ1n) is 8.01. The molecule has 122 valence electrons. The lowest BCUT2D eigenvalue weighted by molar-refractivity contribution is -0.136. The topological polar surface area (TPSA) is 76.5 Å². The first-order chi connectivity index (χ1) is 11.0. The van der Waals surface area contributed by atoms with Crippen LogP contribution < -0.4 is 5.73 Å². The van der Waals surface area contributed by atoms with Gasteiger partial charge in [0.15, 0.2) is 0 Å². The van der Waals surface area contributed by atoms with Crippen LogP contribution in [0.25, 0.3) is 11.0 Å². The molecule has 0 unspecified atom stereocenters. The Bertz CT molecular complexity index is 750. The van der Waals surface area contributed by atoms with Gasteiger partial charge in [-0.05, 0) is 38.3 Å². The van der Waals surface area contributed by atoms with E-state index in [0.717, 1.165) is 34.9 Å². The van der Waals surface area contributed by atoms with Crippen molar-refractivity contribution in [3.05, 3.63) is 35.6 Å². The molecule has 2 aromatic rings. The molecule has 5 nitrogen and oxygen atoms in total. The minimum atomic E-state index is -0.320. The third-order valence-corrected chi connectivity index (χ3v) is 4.76. The number of primary amides is 1. The van der Waals surface area contributed by atoms with Crippen LogP contribution in [-0.4, -0.2) is 29.3 Å². The maximum absolute atomic E-state index is 12.7. The first-order valence-corrected chi connectivity index (χ1v) is 8.01. The second-order valence-electron chi connectivity index (χ2n) is 6.51. The van der Waals surface area contributed by atoms with Crippen LogP contribution in [0.2, 0.25) is 0 Å². The molecule has 2 N–H and O–H groups in total. The quantitative estimate of drug-likeness (QED) is 0.945. The SMILES string of the molecule is Cc1ccc2c(CC(=O)N3C[C@H](C(N)=O)CC[C@@H]3C)coc2c1. The average Bonchev–Trinajstić information content (AvgIpc) is 2.89. The average molecular weight is 314 g/mol. The molecule has 0 saturated carbocycles. The van der Waals surface area contributed by atoms with Crippen molar-refractivity contribution in [1.29, 1.82) is 0 Å². The molecule has 1 aromatic heterocycles. The highest BCUT2D eigenvalue weighted by atomic mass is 16.3. The van der Waals surface area contributed by atoms with Gasteiger partial charge in [-0.1, -0.05) is 12.1 Å². The zero-order valence-electron chi connectivity index (χ0n) is 13.5. The number of hydrogen-bond donors (Lipinski definition) is 1. The second kappa shape index (κ2) is 6.07. The van der Waals surface area contributed by atoms with E-state index in [1.807, 2.05) is 32.0 Å². The predicted octanol–water partition coefficient (Wildman–Crippen LogP) is 2.40. The molecule has 5 heteroatoms. The Morgan fingerprint density at radius 1 is 1.35 bits per heavy atom. The molecule has 1 fully saturated rings. The van der Waals surface area contributed by atoms with Gasteiger partial charge in [-0.2, -0.15) is 0 Å². The highest BCUT2D eigenvalue weighted by molar-refractivity contribution is 5.88. The number of piperidine rings is 1. The van der Waals surface area contributed by atoms with E-state index in [0.29, 0.717) is 6.54 Å². The molecule has 1 aromatic carbocycles. The summed E-state index contributed by atoms with van der Waals surface area (Å²) in [5.41, 5.74) is 8.22. The van der Waals surface area contributed by atoms with Gasteiger partial charge in [0, 0.05) is 23.5 Å². The molecule has 2 heterocycles. The maximum atomic E-state index is 12.7. The number of amides is 2. The molecule has 0 radical (unpaired) electrons. The molecule has 0 bridgehead atoms. The summed E-state index contributed by atoms with van der Waals surface area (Å²) < 4.78 is 5.56. The van der Waals surface area contributed by atoms with Gasteiger partial charge in [0.05, 0.1) is 18.6 Å². The minimum Gasteiger partial charge on any atom is -0.464 e. The predicted molar refractivity (Wildman–Crippen MR) is 87.7 cm³/mol. The Morgan fingerprint density at radius 2 is 2.13 bits per heavy atom. The van der Waals surface area contributed by atoms with Gasteiger partial charge in [0.2, 0.25) is 11.8 Å². The summed E-state index contributed by atoms with van der Waals surface area (Å²) in [5.74, 6) is -0.537. The standard InChI is InChI=1S/C18H22N2O3/c1-11-3-6-15-14(10-23-16(15)7-11)8-17(21)20-9-13(18(19)22)5-4-12(20)2/h3,6-7,10,12-13H,4-5,8-9H2,1-2H3,(H2,19,22)/t12-,13+/m0/s1. The lowest BCUT2D eigenvalue weighted by atomic mass is 9.92. The Morgan fingerprint density at radius 3 is 2.87 bits per heavy atom. The highest BCUT2D eigenvalue weighted by Gasteiger charge is 2.31. The van der Waals surface area contributed by atoms with Crippen molar-refractivity contribution in [2.45, 2.75) is 39.2 Å². The summed E-state index contributed by atoms with van der Waals surface area (Å²) >= 11 is 0. The number of carbonyl (C=O) groups excluding carboxylic acids is 2. The Balaban J connectivity index is 1.78. The van der Waals surface area contributed by atoms with Crippen LogP contribution in [0.15, 0.2) is 28.9 Å². The summed E-state index contributed by atoms with van der Waals surface area (Å²) in [4.78, 5) is 25.9. The lowest BCUT2D eigenvalue weighted by Gasteiger charge is -2.37. The van der Waals surface area contributed by atoms with Gasteiger partial charge in [-0.25, -0.2) is 0 Å². The normalized spacial score (nSPS) is 21.6. The van der Waals surface area contributed by atoms with E-state index in [4.69, 9.17) is 10.2 Å². The number of benzene rings is 1. The molecule has 0 spiro atoms. The van der Waals surface area contributed by atoms with Crippen molar-refractivity contribution < 1.29 is 14.0 Å². The number of nitrogens with two attached hydrogens (primary N) is 1. The largest absolute Gasteiger partial charge is 0.464 e. The maximum Gasteiger partial charge on any atom is 0.227 e. The molecule has 23 heavy (non-hydrogen) atoms. The fourth-order valence-corrected chi connectivity index (χ4v) is 3.28. The number of aryl methyl sites for hydroxylation is 1. The van der Waals surface area contributed by atoms with Crippen LogP contribution >= 0.6 is 0 Å². The summed E-state index contributed by atoms with van der Waals surface area (Å²) in [6.07, 6.45) is 3.51. The smallest absolute Gasteiger partial charge is 0.227 e. The fourth-order valence-electron chi connectivity index (χ4n) is 3.28. The van der Waals surface area contributed by atoms with Crippen molar-refractivity contribution in [3.8, 4) is 0 Å². The van der Waals surface area contributed by atoms with Crippen molar-refractivity contribution in [3.63, 3.8) is 0 Å². The lowest BCUT2D eigenvalue weighted by Crippen LogP contribution is -2.49. The van der Waals surface area contributed by atoms with E-state index < -0.39 is 0 Å². The van der Waals surface area contributed by atoms with Crippen LogP contribution in [0.4, 0.5) is 0 Å². The Kier molecular flexibility index (Phi) is 4.11.